The Morgan fingerprint density at radius 2 is 1.94 bits per heavy atom. The van der Waals surface area contributed by atoms with E-state index in [2.05, 4.69) is 0 Å². The molecule has 0 unspecified atom stereocenters. The third-order valence-corrected chi connectivity index (χ3v) is 3.79. The fourth-order valence-corrected chi connectivity index (χ4v) is 2.40. The minimum absolute atomic E-state index is 0.198. The van der Waals surface area contributed by atoms with E-state index in [4.69, 9.17) is 5.11 Å². The third-order valence-electron chi connectivity index (χ3n) is 2.68. The van der Waals surface area contributed by atoms with Crippen molar-refractivity contribution in [1.82, 2.24) is 0 Å². The summed E-state index contributed by atoms with van der Waals surface area (Å²) in [5, 5.41) is 8.49. The molecule has 0 radical (unpaired) electrons. The number of sulfone groups is 1. The van der Waals surface area contributed by atoms with Gasteiger partial charge in [-0.2, -0.15) is 0 Å². The molecule has 0 amide bonds. The largest absolute Gasteiger partial charge is 0.481 e. The quantitative estimate of drug-likeness (QED) is 0.771. The van der Waals surface area contributed by atoms with Crippen LogP contribution in [0.25, 0.3) is 0 Å². The Balaban J connectivity index is 2.46. The molecule has 1 N–H and O–H groups in total. The molecule has 0 fully saturated rings. The van der Waals surface area contributed by atoms with Crippen molar-refractivity contribution >= 4 is 15.8 Å². The Hall–Kier alpha value is -1.36. The lowest BCUT2D eigenvalue weighted by atomic mass is 10.1. The van der Waals surface area contributed by atoms with E-state index < -0.39 is 15.8 Å². The van der Waals surface area contributed by atoms with Gasteiger partial charge in [0.2, 0.25) is 0 Å². The van der Waals surface area contributed by atoms with E-state index in [0.29, 0.717) is 11.3 Å². The van der Waals surface area contributed by atoms with Gasteiger partial charge in [-0.25, -0.2) is 8.42 Å². The number of rotatable bonds is 7. The SMILES string of the molecule is CS(=O)(=O)c1cccc(CCCCCC(=O)O)c1. The van der Waals surface area contributed by atoms with Crippen LogP contribution in [0.3, 0.4) is 0 Å². The second-order valence-corrected chi connectivity index (χ2v) is 6.39. The first-order chi connectivity index (χ1) is 8.39. The predicted molar refractivity (Wildman–Crippen MR) is 69.4 cm³/mol. The van der Waals surface area contributed by atoms with E-state index in [1.54, 1.807) is 18.2 Å². The van der Waals surface area contributed by atoms with Crippen molar-refractivity contribution in [1.29, 1.82) is 0 Å². The molecular weight excluding hydrogens is 252 g/mol. The number of hydrogen-bond donors (Lipinski definition) is 1. The smallest absolute Gasteiger partial charge is 0.303 e. The van der Waals surface area contributed by atoms with Crippen molar-refractivity contribution in [2.75, 3.05) is 6.26 Å². The number of unbranched alkanes of at least 4 members (excludes halogenated alkanes) is 2. The number of benzene rings is 1. The van der Waals surface area contributed by atoms with E-state index in [-0.39, 0.29) is 6.42 Å². The van der Waals surface area contributed by atoms with Crippen molar-refractivity contribution in [2.45, 2.75) is 37.0 Å². The number of aryl methyl sites for hydroxylation is 1. The maximum absolute atomic E-state index is 11.4. The zero-order chi connectivity index (χ0) is 13.6. The maximum atomic E-state index is 11.4. The first-order valence-corrected chi connectivity index (χ1v) is 7.79. The summed E-state index contributed by atoms with van der Waals surface area (Å²) < 4.78 is 22.7. The predicted octanol–water partition coefficient (Wildman–Crippen LogP) is 2.28. The summed E-state index contributed by atoms with van der Waals surface area (Å²) in [5.41, 5.74) is 0.980. The van der Waals surface area contributed by atoms with Crippen molar-refractivity contribution in [2.24, 2.45) is 0 Å². The van der Waals surface area contributed by atoms with Gasteiger partial charge in [-0.3, -0.25) is 4.79 Å². The summed E-state index contributed by atoms with van der Waals surface area (Å²) in [5.74, 6) is -0.769. The van der Waals surface area contributed by atoms with E-state index >= 15 is 0 Å². The first kappa shape index (κ1) is 14.7. The van der Waals surface area contributed by atoms with E-state index in [1.165, 1.54) is 6.26 Å². The highest BCUT2D eigenvalue weighted by Crippen LogP contribution is 2.14. The van der Waals surface area contributed by atoms with E-state index in [9.17, 15) is 13.2 Å². The lowest BCUT2D eigenvalue weighted by Gasteiger charge is -2.04. The van der Waals surface area contributed by atoms with Gasteiger partial charge >= 0.3 is 5.97 Å². The van der Waals surface area contributed by atoms with Crippen LogP contribution in [0.1, 0.15) is 31.2 Å². The lowest BCUT2D eigenvalue weighted by molar-refractivity contribution is -0.137. The summed E-state index contributed by atoms with van der Waals surface area (Å²) in [6.07, 6.45) is 4.56. The number of carboxylic acids is 1. The molecule has 0 saturated carbocycles. The molecule has 0 spiro atoms. The van der Waals surface area contributed by atoms with Crippen LogP contribution >= 0.6 is 0 Å². The molecule has 0 aromatic heterocycles. The van der Waals surface area contributed by atoms with Crippen LogP contribution in [0.2, 0.25) is 0 Å². The minimum Gasteiger partial charge on any atom is -0.481 e. The van der Waals surface area contributed by atoms with E-state index in [0.717, 1.165) is 24.8 Å². The fraction of sp³-hybridized carbons (Fsp3) is 0.462. The molecule has 4 nitrogen and oxygen atoms in total. The average Bonchev–Trinajstić information content (AvgIpc) is 2.27. The highest BCUT2D eigenvalue weighted by atomic mass is 32.2. The second-order valence-electron chi connectivity index (χ2n) is 4.37. The molecule has 0 heterocycles. The number of hydrogen-bond acceptors (Lipinski definition) is 3. The lowest BCUT2D eigenvalue weighted by Crippen LogP contribution is -1.98. The fourth-order valence-electron chi connectivity index (χ4n) is 1.71. The highest BCUT2D eigenvalue weighted by Gasteiger charge is 2.07. The summed E-state index contributed by atoms with van der Waals surface area (Å²) in [6, 6.07) is 6.91. The van der Waals surface area contributed by atoms with Crippen LogP contribution in [0.5, 0.6) is 0 Å². The summed E-state index contributed by atoms with van der Waals surface area (Å²) in [6.45, 7) is 0. The second kappa shape index (κ2) is 6.54. The molecule has 0 aliphatic heterocycles. The molecular formula is C13H18O4S. The monoisotopic (exact) mass is 270 g/mol. The van der Waals surface area contributed by atoms with Gasteiger partial charge in [0.25, 0.3) is 0 Å². The molecule has 0 bridgehead atoms. The first-order valence-electron chi connectivity index (χ1n) is 5.90. The summed E-state index contributed by atoms with van der Waals surface area (Å²) in [4.78, 5) is 10.7. The standard InChI is InChI=1S/C13H18O4S/c1-18(16,17)12-8-5-7-11(10-12)6-3-2-4-9-13(14)15/h5,7-8,10H,2-4,6,9H2,1H3,(H,14,15). The Kier molecular flexibility index (Phi) is 5.34. The topological polar surface area (TPSA) is 71.4 Å². The van der Waals surface area contributed by atoms with Crippen molar-refractivity contribution in [3.63, 3.8) is 0 Å². The van der Waals surface area contributed by atoms with Crippen LogP contribution < -0.4 is 0 Å². The number of aliphatic carboxylic acids is 1. The van der Waals surface area contributed by atoms with Gasteiger partial charge in [-0.1, -0.05) is 18.6 Å². The zero-order valence-corrected chi connectivity index (χ0v) is 11.2. The van der Waals surface area contributed by atoms with Gasteiger partial charge in [-0.15, -0.1) is 0 Å². The molecule has 5 heteroatoms. The Morgan fingerprint density at radius 3 is 2.56 bits per heavy atom. The Bertz CT molecular complexity index is 505. The third kappa shape index (κ3) is 5.31. The summed E-state index contributed by atoms with van der Waals surface area (Å²) in [7, 11) is -3.15. The Labute approximate surface area is 108 Å². The molecule has 0 saturated heterocycles. The van der Waals surface area contributed by atoms with Crippen LogP contribution in [0.15, 0.2) is 29.2 Å². The van der Waals surface area contributed by atoms with Crippen LogP contribution in [-0.2, 0) is 21.1 Å². The maximum Gasteiger partial charge on any atom is 0.303 e. The van der Waals surface area contributed by atoms with Crippen molar-refractivity contribution in [3.05, 3.63) is 29.8 Å². The normalized spacial score (nSPS) is 11.4. The highest BCUT2D eigenvalue weighted by molar-refractivity contribution is 7.90. The molecule has 0 aliphatic carbocycles. The molecule has 0 atom stereocenters. The minimum atomic E-state index is -3.15. The Morgan fingerprint density at radius 1 is 1.22 bits per heavy atom. The van der Waals surface area contributed by atoms with Gasteiger partial charge in [0.05, 0.1) is 4.90 Å². The number of carboxylic acid groups (broad SMARTS) is 1. The van der Waals surface area contributed by atoms with Crippen LogP contribution in [-0.4, -0.2) is 25.7 Å². The van der Waals surface area contributed by atoms with Gasteiger partial charge in [-0.05, 0) is 37.0 Å². The summed E-state index contributed by atoms with van der Waals surface area (Å²) >= 11 is 0. The molecule has 0 aliphatic rings. The van der Waals surface area contributed by atoms with Crippen molar-refractivity contribution < 1.29 is 18.3 Å². The molecule has 100 valence electrons. The van der Waals surface area contributed by atoms with Crippen molar-refractivity contribution in [3.8, 4) is 0 Å². The van der Waals surface area contributed by atoms with Gasteiger partial charge in [0.1, 0.15) is 0 Å². The van der Waals surface area contributed by atoms with Gasteiger partial charge < -0.3 is 5.11 Å². The molecule has 1 aromatic rings. The molecule has 1 aromatic carbocycles. The van der Waals surface area contributed by atoms with Crippen LogP contribution in [0.4, 0.5) is 0 Å². The van der Waals surface area contributed by atoms with E-state index in [1.807, 2.05) is 6.07 Å². The van der Waals surface area contributed by atoms with Gasteiger partial charge in [0, 0.05) is 12.7 Å². The number of carbonyl (C=O) groups is 1. The van der Waals surface area contributed by atoms with Crippen LogP contribution in [0, 0.1) is 0 Å². The zero-order valence-electron chi connectivity index (χ0n) is 10.4. The molecule has 1 rings (SSSR count). The molecule has 18 heavy (non-hydrogen) atoms. The average molecular weight is 270 g/mol. The van der Waals surface area contributed by atoms with Gasteiger partial charge in [0.15, 0.2) is 9.84 Å².